The summed E-state index contributed by atoms with van der Waals surface area (Å²) in [5.41, 5.74) is 7.24. The van der Waals surface area contributed by atoms with Crippen molar-refractivity contribution >= 4 is 43.4 Å². The highest BCUT2D eigenvalue weighted by Crippen LogP contribution is 2.35. The van der Waals surface area contributed by atoms with E-state index in [1.165, 1.54) is 18.4 Å². The van der Waals surface area contributed by atoms with Crippen molar-refractivity contribution in [1.82, 2.24) is 25.1 Å². The van der Waals surface area contributed by atoms with Crippen LogP contribution in [-0.2, 0) is 21.1 Å². The van der Waals surface area contributed by atoms with E-state index in [4.69, 9.17) is 0 Å². The van der Waals surface area contributed by atoms with E-state index in [1.54, 1.807) is 18.6 Å². The number of nitrogens with one attached hydrogen (secondary N) is 3. The Morgan fingerprint density at radius 2 is 1.82 bits per heavy atom. The van der Waals surface area contributed by atoms with E-state index in [1.807, 2.05) is 49.4 Å². The molecule has 0 aliphatic rings. The first-order valence-corrected chi connectivity index (χ1v) is 16.4. The Labute approximate surface area is 253 Å². The molecule has 0 atom stereocenters. The summed E-state index contributed by atoms with van der Waals surface area (Å²) < 4.78 is 38.0. The summed E-state index contributed by atoms with van der Waals surface area (Å²) in [7, 11) is -3.18. The van der Waals surface area contributed by atoms with Gasteiger partial charge in [-0.1, -0.05) is 31.5 Å². The van der Waals surface area contributed by atoms with Crippen molar-refractivity contribution < 1.29 is 17.6 Å². The van der Waals surface area contributed by atoms with Crippen LogP contribution >= 0.6 is 0 Å². The molecule has 6 rings (SSSR count). The van der Waals surface area contributed by atoms with Gasteiger partial charge in [0.15, 0.2) is 5.65 Å². The van der Waals surface area contributed by atoms with Crippen molar-refractivity contribution in [2.45, 2.75) is 32.6 Å². The van der Waals surface area contributed by atoms with Crippen molar-refractivity contribution in [2.75, 3.05) is 17.3 Å². The average Bonchev–Trinajstić information content (AvgIpc) is 3.62. The van der Waals surface area contributed by atoms with Crippen LogP contribution in [0.1, 0.15) is 31.7 Å². The molecule has 4 aromatic heterocycles. The number of fused-ring (bicyclic) bond motifs is 2. The molecule has 0 aliphatic heterocycles. The zero-order valence-corrected chi connectivity index (χ0v) is 25.1. The number of unbranched alkanes of at least 4 members (excludes halogenated alkanes) is 1. The van der Waals surface area contributed by atoms with E-state index < -0.39 is 15.7 Å². The molecule has 0 saturated carbocycles. The number of carbonyl (C=O) groups is 1. The highest BCUT2D eigenvalue weighted by Gasteiger charge is 2.16. The molecule has 3 N–H and O–H groups in total. The molecular formula is C33H31FN6O3S. The highest BCUT2D eigenvalue weighted by molar-refractivity contribution is 7.90. The lowest BCUT2D eigenvalue weighted by Crippen LogP contribution is -2.11. The molecule has 224 valence electrons. The number of hydrogen-bond acceptors (Lipinski definition) is 6. The number of hydrogen-bond donors (Lipinski definition) is 3. The molecule has 0 fully saturated rings. The van der Waals surface area contributed by atoms with Crippen molar-refractivity contribution in [3.8, 4) is 33.6 Å². The number of aromatic nitrogens is 5. The Morgan fingerprint density at radius 1 is 0.977 bits per heavy atom. The van der Waals surface area contributed by atoms with E-state index >= 15 is 0 Å². The number of anilines is 1. The van der Waals surface area contributed by atoms with Crippen LogP contribution in [0.15, 0.2) is 73.2 Å². The quantitative estimate of drug-likeness (QED) is 0.158. The minimum atomic E-state index is -3.18. The predicted molar refractivity (Wildman–Crippen MR) is 171 cm³/mol. The summed E-state index contributed by atoms with van der Waals surface area (Å²) in [6.07, 6.45) is 8.71. The van der Waals surface area contributed by atoms with Gasteiger partial charge >= 0.3 is 0 Å². The van der Waals surface area contributed by atoms with Gasteiger partial charge in [-0.25, -0.2) is 17.8 Å². The van der Waals surface area contributed by atoms with Gasteiger partial charge in [0.25, 0.3) is 0 Å². The highest BCUT2D eigenvalue weighted by atomic mass is 32.2. The van der Waals surface area contributed by atoms with Crippen LogP contribution in [0.3, 0.4) is 0 Å². The first-order valence-electron chi connectivity index (χ1n) is 14.4. The normalized spacial score (nSPS) is 11.8. The number of H-pyrrole nitrogens is 2. The average molecular weight is 611 g/mol. The van der Waals surface area contributed by atoms with Crippen LogP contribution in [0, 0.1) is 5.82 Å². The number of aryl methyl sites for hydroxylation is 1. The van der Waals surface area contributed by atoms with Crippen LogP contribution in [0.25, 0.3) is 55.6 Å². The Bertz CT molecular complexity index is 2120. The first kappa shape index (κ1) is 29.2. The number of carbonyl (C=O) groups excluding carboxylic acids is 1. The number of amides is 1. The Kier molecular flexibility index (Phi) is 7.96. The summed E-state index contributed by atoms with van der Waals surface area (Å²) >= 11 is 0. The third-order valence-corrected chi connectivity index (χ3v) is 8.43. The number of halogens is 1. The molecular weight excluding hydrogens is 579 g/mol. The number of pyridine rings is 2. The summed E-state index contributed by atoms with van der Waals surface area (Å²) in [6.45, 7) is 2.05. The molecule has 2 aromatic carbocycles. The third kappa shape index (κ3) is 6.37. The van der Waals surface area contributed by atoms with Crippen molar-refractivity contribution in [3.05, 3.63) is 84.6 Å². The zero-order chi connectivity index (χ0) is 30.8. The van der Waals surface area contributed by atoms with E-state index in [9.17, 15) is 17.6 Å². The second-order valence-electron chi connectivity index (χ2n) is 11.0. The Hall–Kier alpha value is -4.90. The minimum Gasteiger partial charge on any atom is -0.353 e. The maximum Gasteiger partial charge on any atom is 0.224 e. The lowest BCUT2D eigenvalue weighted by Gasteiger charge is -2.08. The van der Waals surface area contributed by atoms with Gasteiger partial charge in [-0.05, 0) is 65.9 Å². The van der Waals surface area contributed by atoms with Crippen molar-refractivity contribution in [3.63, 3.8) is 0 Å². The summed E-state index contributed by atoms with van der Waals surface area (Å²) in [5, 5.41) is 12.1. The lowest BCUT2D eigenvalue weighted by molar-refractivity contribution is -0.116. The fraction of sp³-hybridized carbons (Fsp3) is 0.212. The fourth-order valence-electron chi connectivity index (χ4n) is 5.28. The molecule has 0 saturated heterocycles. The molecule has 1 amide bonds. The van der Waals surface area contributed by atoms with Gasteiger partial charge in [0, 0.05) is 52.5 Å². The van der Waals surface area contributed by atoms with Crippen molar-refractivity contribution in [2.24, 2.45) is 0 Å². The molecule has 4 heterocycles. The van der Waals surface area contributed by atoms with Crippen LogP contribution in [-0.4, -0.2) is 51.5 Å². The van der Waals surface area contributed by atoms with Gasteiger partial charge in [0.1, 0.15) is 15.7 Å². The number of nitrogens with zero attached hydrogens (tertiary/aromatic N) is 3. The van der Waals surface area contributed by atoms with Crippen LogP contribution in [0.2, 0.25) is 0 Å². The topological polar surface area (TPSA) is 133 Å². The van der Waals surface area contributed by atoms with Crippen LogP contribution < -0.4 is 5.32 Å². The molecule has 0 unspecified atom stereocenters. The summed E-state index contributed by atoms with van der Waals surface area (Å²) in [6, 6.07) is 16.3. The SMILES string of the molecule is CCCCC(=O)Nc1cncc(-c2cnc3n[nH]c(-c4cc5c(-c6cc(F)cc(CCS(C)(=O)=O)c6)cccc5[nH]4)c3c2)c1. The van der Waals surface area contributed by atoms with E-state index in [2.05, 4.69) is 30.5 Å². The Morgan fingerprint density at radius 3 is 2.64 bits per heavy atom. The molecule has 9 nitrogen and oxygen atoms in total. The molecule has 0 aliphatic carbocycles. The monoisotopic (exact) mass is 610 g/mol. The minimum absolute atomic E-state index is 0.0435. The van der Waals surface area contributed by atoms with Gasteiger partial charge in [-0.3, -0.25) is 14.9 Å². The summed E-state index contributed by atoms with van der Waals surface area (Å²) in [5.74, 6) is -0.514. The molecule has 6 aromatic rings. The smallest absolute Gasteiger partial charge is 0.224 e. The molecule has 0 radical (unpaired) electrons. The van der Waals surface area contributed by atoms with Crippen LogP contribution in [0.4, 0.5) is 10.1 Å². The standard InChI is InChI=1S/C33H31FN6O3S/c1-3-4-8-31(41)37-25-14-22(17-35-19-25)23-15-28-32(39-40-33(28)36-18-23)30-16-27-26(6-5-7-29(27)38-30)21-11-20(12-24(34)13-21)9-10-44(2,42)43/h5-7,11-19,38H,3-4,8-10H2,1-2H3,(H,37,41)(H,36,39,40). The zero-order valence-electron chi connectivity index (χ0n) is 24.3. The number of sulfone groups is 1. The summed E-state index contributed by atoms with van der Waals surface area (Å²) in [4.78, 5) is 24.6. The third-order valence-electron chi connectivity index (χ3n) is 7.49. The fourth-order valence-corrected chi connectivity index (χ4v) is 5.89. The van der Waals surface area contributed by atoms with E-state index in [0.717, 1.165) is 57.2 Å². The maximum absolute atomic E-state index is 14.6. The second-order valence-corrected chi connectivity index (χ2v) is 13.2. The van der Waals surface area contributed by atoms with Gasteiger partial charge in [0.2, 0.25) is 5.91 Å². The predicted octanol–water partition coefficient (Wildman–Crippen LogP) is 6.69. The first-order chi connectivity index (χ1) is 21.2. The second kappa shape index (κ2) is 12.0. The molecule has 0 spiro atoms. The van der Waals surface area contributed by atoms with Gasteiger partial charge in [-0.2, -0.15) is 5.10 Å². The van der Waals surface area contributed by atoms with Gasteiger partial charge < -0.3 is 10.3 Å². The van der Waals surface area contributed by atoms with Gasteiger partial charge in [-0.15, -0.1) is 0 Å². The van der Waals surface area contributed by atoms with E-state index in [-0.39, 0.29) is 18.1 Å². The molecule has 0 bridgehead atoms. The van der Waals surface area contributed by atoms with E-state index in [0.29, 0.717) is 28.9 Å². The molecule has 44 heavy (non-hydrogen) atoms. The maximum atomic E-state index is 14.6. The van der Waals surface area contributed by atoms with Crippen molar-refractivity contribution in [1.29, 1.82) is 0 Å². The number of aromatic amines is 2. The Balaban J connectivity index is 1.35. The largest absolute Gasteiger partial charge is 0.353 e. The molecule has 11 heteroatoms. The lowest BCUT2D eigenvalue weighted by atomic mass is 9.98. The van der Waals surface area contributed by atoms with Gasteiger partial charge in [0.05, 0.1) is 29.0 Å². The number of rotatable bonds is 10. The number of benzene rings is 2. The van der Waals surface area contributed by atoms with Crippen LogP contribution in [0.5, 0.6) is 0 Å².